The van der Waals surface area contributed by atoms with Gasteiger partial charge in [-0.15, -0.1) is 0 Å². The monoisotopic (exact) mass is 462 g/mol. The van der Waals surface area contributed by atoms with E-state index >= 15 is 0 Å². The number of halogens is 1. The molecule has 0 fully saturated rings. The Hall–Kier alpha value is -3.38. The van der Waals surface area contributed by atoms with Crippen LogP contribution in [0.1, 0.15) is 17.0 Å². The highest BCUT2D eigenvalue weighted by molar-refractivity contribution is 9.10. The first-order valence-corrected chi connectivity index (χ1v) is 10.1. The quantitative estimate of drug-likeness (QED) is 0.444. The van der Waals surface area contributed by atoms with Gasteiger partial charge in [-0.3, -0.25) is 9.36 Å². The van der Waals surface area contributed by atoms with Crippen molar-refractivity contribution in [3.05, 3.63) is 92.4 Å². The molecule has 0 aliphatic heterocycles. The van der Waals surface area contributed by atoms with Crippen molar-refractivity contribution in [1.82, 2.24) is 9.55 Å². The predicted molar refractivity (Wildman–Crippen MR) is 123 cm³/mol. The standard InChI is InChI=1S/C24H19BrN2O3/c1-15-13-17(9-10-19(15)25)27-23(26-20-6-4-3-5-18(20)24(27)29)12-8-16-7-11-21(28)22(14-16)30-2/h3-14,28H,1-2H3/b12-8+. The summed E-state index contributed by atoms with van der Waals surface area (Å²) in [5, 5.41) is 10.4. The number of phenolic OH excluding ortho intramolecular Hbond substituents is 1. The lowest BCUT2D eigenvalue weighted by Crippen LogP contribution is -2.22. The molecule has 0 saturated carbocycles. The van der Waals surface area contributed by atoms with Gasteiger partial charge in [0.05, 0.1) is 23.7 Å². The van der Waals surface area contributed by atoms with E-state index in [1.165, 1.54) is 7.11 Å². The average molecular weight is 463 g/mol. The number of phenols is 1. The molecule has 5 nitrogen and oxygen atoms in total. The van der Waals surface area contributed by atoms with Gasteiger partial charge in [0.15, 0.2) is 11.5 Å². The van der Waals surface area contributed by atoms with Crippen LogP contribution in [0.2, 0.25) is 0 Å². The number of nitrogens with zero attached hydrogens (tertiary/aromatic N) is 2. The van der Waals surface area contributed by atoms with Crippen LogP contribution >= 0.6 is 15.9 Å². The smallest absolute Gasteiger partial charge is 0.266 e. The summed E-state index contributed by atoms with van der Waals surface area (Å²) in [7, 11) is 1.50. The number of aromatic hydroxyl groups is 1. The lowest BCUT2D eigenvalue weighted by atomic mass is 10.1. The zero-order chi connectivity index (χ0) is 21.3. The fraction of sp³-hybridized carbons (Fsp3) is 0.0833. The molecule has 4 rings (SSSR count). The zero-order valence-corrected chi connectivity index (χ0v) is 18.1. The molecule has 4 aromatic rings. The fourth-order valence-corrected chi connectivity index (χ4v) is 3.49. The van der Waals surface area contributed by atoms with Gasteiger partial charge in [0.1, 0.15) is 5.82 Å². The van der Waals surface area contributed by atoms with E-state index in [9.17, 15) is 9.90 Å². The van der Waals surface area contributed by atoms with E-state index in [-0.39, 0.29) is 11.3 Å². The van der Waals surface area contributed by atoms with Crippen molar-refractivity contribution in [3.63, 3.8) is 0 Å². The molecule has 0 radical (unpaired) electrons. The highest BCUT2D eigenvalue weighted by Gasteiger charge is 2.12. The molecule has 3 aromatic carbocycles. The Morgan fingerprint density at radius 2 is 1.87 bits per heavy atom. The molecule has 0 unspecified atom stereocenters. The van der Waals surface area contributed by atoms with Crippen molar-refractivity contribution in [2.45, 2.75) is 6.92 Å². The van der Waals surface area contributed by atoms with Crippen molar-refractivity contribution in [2.75, 3.05) is 7.11 Å². The third-order valence-electron chi connectivity index (χ3n) is 4.83. The lowest BCUT2D eigenvalue weighted by molar-refractivity contribution is 0.373. The number of rotatable bonds is 4. The molecular weight excluding hydrogens is 444 g/mol. The number of aromatic nitrogens is 2. The number of para-hydroxylation sites is 1. The van der Waals surface area contributed by atoms with Crippen LogP contribution < -0.4 is 10.3 Å². The van der Waals surface area contributed by atoms with Crippen LogP contribution in [0.5, 0.6) is 11.5 Å². The normalized spacial score (nSPS) is 11.3. The summed E-state index contributed by atoms with van der Waals surface area (Å²) in [5.74, 6) is 0.956. The second-order valence-electron chi connectivity index (χ2n) is 6.83. The molecule has 1 heterocycles. The molecule has 0 amide bonds. The number of methoxy groups -OCH3 is 1. The van der Waals surface area contributed by atoms with E-state index in [1.54, 1.807) is 34.9 Å². The number of hydrogen-bond donors (Lipinski definition) is 1. The van der Waals surface area contributed by atoms with Crippen molar-refractivity contribution < 1.29 is 9.84 Å². The van der Waals surface area contributed by atoms with Crippen LogP contribution in [0, 0.1) is 6.92 Å². The van der Waals surface area contributed by atoms with E-state index in [4.69, 9.17) is 9.72 Å². The maximum atomic E-state index is 13.3. The highest BCUT2D eigenvalue weighted by Crippen LogP contribution is 2.27. The van der Waals surface area contributed by atoms with Gasteiger partial charge in [-0.1, -0.05) is 40.2 Å². The molecule has 0 atom stereocenters. The molecule has 0 spiro atoms. The molecule has 1 N–H and O–H groups in total. The summed E-state index contributed by atoms with van der Waals surface area (Å²) in [4.78, 5) is 18.1. The summed E-state index contributed by atoms with van der Waals surface area (Å²) < 4.78 is 7.75. The van der Waals surface area contributed by atoms with E-state index in [0.717, 1.165) is 21.3 Å². The van der Waals surface area contributed by atoms with Gasteiger partial charge in [-0.2, -0.15) is 0 Å². The summed E-state index contributed by atoms with van der Waals surface area (Å²) >= 11 is 3.51. The molecule has 1 aromatic heterocycles. The molecule has 0 aliphatic carbocycles. The minimum Gasteiger partial charge on any atom is -0.504 e. The van der Waals surface area contributed by atoms with Crippen LogP contribution in [0.4, 0.5) is 0 Å². The third-order valence-corrected chi connectivity index (χ3v) is 5.72. The molecular formula is C24H19BrN2O3. The Balaban J connectivity index is 1.91. The van der Waals surface area contributed by atoms with Crippen LogP contribution in [0.25, 0.3) is 28.7 Å². The molecule has 30 heavy (non-hydrogen) atoms. The first-order chi connectivity index (χ1) is 14.5. The Kier molecular flexibility index (Phi) is 5.42. The van der Waals surface area contributed by atoms with Gasteiger partial charge in [-0.05, 0) is 66.6 Å². The van der Waals surface area contributed by atoms with Crippen LogP contribution in [-0.4, -0.2) is 21.8 Å². The van der Waals surface area contributed by atoms with E-state index in [2.05, 4.69) is 15.9 Å². The Morgan fingerprint density at radius 3 is 2.63 bits per heavy atom. The molecule has 150 valence electrons. The van der Waals surface area contributed by atoms with Gasteiger partial charge in [0, 0.05) is 4.47 Å². The number of ether oxygens (including phenoxy) is 1. The van der Waals surface area contributed by atoms with Crippen LogP contribution in [0.15, 0.2) is 69.9 Å². The van der Waals surface area contributed by atoms with Gasteiger partial charge < -0.3 is 9.84 Å². The van der Waals surface area contributed by atoms with Crippen molar-refractivity contribution in [3.8, 4) is 17.2 Å². The number of fused-ring (bicyclic) bond motifs is 1. The first-order valence-electron chi connectivity index (χ1n) is 9.31. The van der Waals surface area contributed by atoms with E-state index in [0.29, 0.717) is 22.5 Å². The SMILES string of the molecule is COc1cc(/C=C/c2nc3ccccc3c(=O)n2-c2ccc(Br)c(C)c2)ccc1O. The zero-order valence-electron chi connectivity index (χ0n) is 16.5. The van der Waals surface area contributed by atoms with Gasteiger partial charge in [0.25, 0.3) is 5.56 Å². The number of benzene rings is 3. The second kappa shape index (κ2) is 8.16. The molecule has 6 heteroatoms. The summed E-state index contributed by atoms with van der Waals surface area (Å²) in [6.45, 7) is 1.98. The highest BCUT2D eigenvalue weighted by atomic mass is 79.9. The minimum atomic E-state index is -0.134. The van der Waals surface area contributed by atoms with Crippen molar-refractivity contribution in [2.24, 2.45) is 0 Å². The van der Waals surface area contributed by atoms with Gasteiger partial charge in [0.2, 0.25) is 0 Å². The lowest BCUT2D eigenvalue weighted by Gasteiger charge is -2.13. The maximum Gasteiger partial charge on any atom is 0.266 e. The number of aryl methyl sites for hydroxylation is 1. The Labute approximate surface area is 182 Å². The Morgan fingerprint density at radius 1 is 1.07 bits per heavy atom. The average Bonchev–Trinajstić information content (AvgIpc) is 2.75. The largest absolute Gasteiger partial charge is 0.504 e. The molecule has 0 saturated heterocycles. The summed E-state index contributed by atoms with van der Waals surface area (Å²) in [5.41, 5.74) is 3.07. The van der Waals surface area contributed by atoms with Crippen molar-refractivity contribution in [1.29, 1.82) is 0 Å². The van der Waals surface area contributed by atoms with Crippen LogP contribution in [0.3, 0.4) is 0 Å². The Bertz CT molecular complexity index is 1340. The topological polar surface area (TPSA) is 64.3 Å². The predicted octanol–water partition coefficient (Wildman–Crippen LogP) is 5.34. The third kappa shape index (κ3) is 3.74. The first kappa shape index (κ1) is 19.9. The van der Waals surface area contributed by atoms with Crippen LogP contribution in [-0.2, 0) is 0 Å². The second-order valence-corrected chi connectivity index (χ2v) is 7.68. The van der Waals surface area contributed by atoms with E-state index in [1.807, 2.05) is 49.4 Å². The molecule has 0 bridgehead atoms. The molecule has 0 aliphatic rings. The van der Waals surface area contributed by atoms with Gasteiger partial charge >= 0.3 is 0 Å². The number of hydrogen-bond acceptors (Lipinski definition) is 4. The van der Waals surface area contributed by atoms with E-state index < -0.39 is 0 Å². The van der Waals surface area contributed by atoms with Crippen molar-refractivity contribution >= 4 is 39.0 Å². The summed E-state index contributed by atoms with van der Waals surface area (Å²) in [6, 6.07) is 18.1. The minimum absolute atomic E-state index is 0.0701. The summed E-state index contributed by atoms with van der Waals surface area (Å²) in [6.07, 6.45) is 3.62. The maximum absolute atomic E-state index is 13.3. The van der Waals surface area contributed by atoms with Gasteiger partial charge in [-0.25, -0.2) is 4.98 Å². The fourth-order valence-electron chi connectivity index (χ4n) is 3.25.